The van der Waals surface area contributed by atoms with Crippen LogP contribution in [0, 0.1) is 11.3 Å². The Hall–Kier alpha value is -2.54. The van der Waals surface area contributed by atoms with Gasteiger partial charge < -0.3 is 4.57 Å². The topological polar surface area (TPSA) is 57.4 Å². The number of H-pyrrole nitrogens is 1. The molecule has 0 saturated carbocycles. The second-order valence-electron chi connectivity index (χ2n) is 3.95. The number of aromatic nitrogens is 3. The van der Waals surface area contributed by atoms with Crippen molar-refractivity contribution in [3.8, 4) is 17.3 Å². The number of para-hydroxylation sites is 1. The molecule has 0 atom stereocenters. The van der Waals surface area contributed by atoms with Crippen LogP contribution in [-0.2, 0) is 7.05 Å². The summed E-state index contributed by atoms with van der Waals surface area (Å²) in [4.78, 5) is 0. The SMILES string of the molecule is Cn1cc(-c2cc(C#N)n[nH]2)c2ccccc21. The Morgan fingerprint density at radius 3 is 2.94 bits per heavy atom. The molecule has 0 radical (unpaired) electrons. The largest absolute Gasteiger partial charge is 0.350 e. The number of nitriles is 1. The Morgan fingerprint density at radius 2 is 2.18 bits per heavy atom. The molecule has 0 spiro atoms. The maximum atomic E-state index is 8.78. The number of aryl methyl sites for hydroxylation is 1. The zero-order chi connectivity index (χ0) is 11.8. The van der Waals surface area contributed by atoms with E-state index in [9.17, 15) is 0 Å². The Bertz CT molecular complexity index is 727. The number of benzene rings is 1. The van der Waals surface area contributed by atoms with Crippen LogP contribution in [0.4, 0.5) is 0 Å². The van der Waals surface area contributed by atoms with E-state index in [1.165, 1.54) is 0 Å². The van der Waals surface area contributed by atoms with Crippen molar-refractivity contribution in [2.24, 2.45) is 7.05 Å². The van der Waals surface area contributed by atoms with Gasteiger partial charge in [-0.15, -0.1) is 0 Å². The molecule has 0 bridgehead atoms. The third-order valence-corrected chi connectivity index (χ3v) is 2.88. The molecule has 1 N–H and O–H groups in total. The highest BCUT2D eigenvalue weighted by atomic mass is 15.1. The van der Waals surface area contributed by atoms with Gasteiger partial charge in [0, 0.05) is 35.8 Å². The van der Waals surface area contributed by atoms with E-state index in [0.717, 1.165) is 22.2 Å². The molecule has 3 aromatic rings. The Morgan fingerprint density at radius 1 is 1.35 bits per heavy atom. The predicted molar refractivity (Wildman–Crippen MR) is 65.2 cm³/mol. The van der Waals surface area contributed by atoms with Gasteiger partial charge in [-0.2, -0.15) is 10.4 Å². The summed E-state index contributed by atoms with van der Waals surface area (Å²) in [5, 5.41) is 16.8. The van der Waals surface area contributed by atoms with Crippen LogP contribution in [0.25, 0.3) is 22.2 Å². The summed E-state index contributed by atoms with van der Waals surface area (Å²) in [6, 6.07) is 11.9. The standard InChI is InChI=1S/C13H10N4/c1-17-8-11(10-4-2-3-5-13(10)17)12-6-9(7-14)15-16-12/h2-6,8H,1H3,(H,15,16). The molecule has 82 valence electrons. The minimum atomic E-state index is 0.410. The number of rotatable bonds is 1. The van der Waals surface area contributed by atoms with Crippen molar-refractivity contribution in [2.75, 3.05) is 0 Å². The fraction of sp³-hybridized carbons (Fsp3) is 0.0769. The van der Waals surface area contributed by atoms with Crippen molar-refractivity contribution in [3.63, 3.8) is 0 Å². The first-order valence-corrected chi connectivity index (χ1v) is 5.29. The Balaban J connectivity index is 2.27. The summed E-state index contributed by atoms with van der Waals surface area (Å²) in [6.07, 6.45) is 2.04. The molecule has 3 rings (SSSR count). The van der Waals surface area contributed by atoms with Gasteiger partial charge in [-0.25, -0.2) is 0 Å². The summed E-state index contributed by atoms with van der Waals surface area (Å²) in [5.74, 6) is 0. The molecule has 0 unspecified atom stereocenters. The van der Waals surface area contributed by atoms with Crippen molar-refractivity contribution in [3.05, 3.63) is 42.2 Å². The highest BCUT2D eigenvalue weighted by molar-refractivity contribution is 5.95. The van der Waals surface area contributed by atoms with E-state index in [-0.39, 0.29) is 0 Å². The molecule has 0 aliphatic heterocycles. The van der Waals surface area contributed by atoms with E-state index in [0.29, 0.717) is 5.69 Å². The molecule has 0 saturated heterocycles. The first-order valence-electron chi connectivity index (χ1n) is 5.29. The Kier molecular flexibility index (Phi) is 1.99. The number of hydrogen-bond acceptors (Lipinski definition) is 2. The normalized spacial score (nSPS) is 10.6. The van der Waals surface area contributed by atoms with Crippen LogP contribution < -0.4 is 0 Å². The lowest BCUT2D eigenvalue weighted by Gasteiger charge is -1.94. The van der Waals surface area contributed by atoms with Gasteiger partial charge in [-0.1, -0.05) is 18.2 Å². The quantitative estimate of drug-likeness (QED) is 0.687. The fourth-order valence-electron chi connectivity index (χ4n) is 2.07. The van der Waals surface area contributed by atoms with E-state index < -0.39 is 0 Å². The number of nitrogens with zero attached hydrogens (tertiary/aromatic N) is 3. The highest BCUT2D eigenvalue weighted by Crippen LogP contribution is 2.28. The van der Waals surface area contributed by atoms with Gasteiger partial charge in [0.05, 0.1) is 5.69 Å². The van der Waals surface area contributed by atoms with Gasteiger partial charge in [0.25, 0.3) is 0 Å². The van der Waals surface area contributed by atoms with E-state index in [1.54, 1.807) is 6.07 Å². The van der Waals surface area contributed by atoms with Crippen molar-refractivity contribution < 1.29 is 0 Å². The molecule has 0 aliphatic rings. The van der Waals surface area contributed by atoms with E-state index in [2.05, 4.69) is 26.9 Å². The minimum Gasteiger partial charge on any atom is -0.350 e. The zero-order valence-electron chi connectivity index (χ0n) is 9.31. The molecule has 2 heterocycles. The summed E-state index contributed by atoms with van der Waals surface area (Å²) >= 11 is 0. The van der Waals surface area contributed by atoms with Crippen molar-refractivity contribution >= 4 is 10.9 Å². The van der Waals surface area contributed by atoms with Crippen LogP contribution in [0.1, 0.15) is 5.69 Å². The van der Waals surface area contributed by atoms with Crippen LogP contribution in [0.5, 0.6) is 0 Å². The van der Waals surface area contributed by atoms with E-state index in [4.69, 9.17) is 5.26 Å². The summed E-state index contributed by atoms with van der Waals surface area (Å²) in [7, 11) is 2.01. The Labute approximate surface area is 98.1 Å². The monoisotopic (exact) mass is 222 g/mol. The first-order chi connectivity index (χ1) is 8.29. The summed E-state index contributed by atoms with van der Waals surface area (Å²) in [6.45, 7) is 0. The average molecular weight is 222 g/mol. The fourth-order valence-corrected chi connectivity index (χ4v) is 2.07. The van der Waals surface area contributed by atoms with Crippen molar-refractivity contribution in [1.29, 1.82) is 5.26 Å². The molecular formula is C13H10N4. The molecule has 0 aliphatic carbocycles. The molecular weight excluding hydrogens is 212 g/mol. The van der Waals surface area contributed by atoms with Crippen molar-refractivity contribution in [2.45, 2.75) is 0 Å². The molecule has 1 aromatic carbocycles. The lowest BCUT2D eigenvalue weighted by Crippen LogP contribution is -1.81. The molecule has 0 amide bonds. The van der Waals surface area contributed by atoms with Gasteiger partial charge in [-0.3, -0.25) is 5.10 Å². The third kappa shape index (κ3) is 1.41. The van der Waals surface area contributed by atoms with Gasteiger partial charge >= 0.3 is 0 Å². The maximum absolute atomic E-state index is 8.78. The maximum Gasteiger partial charge on any atom is 0.162 e. The minimum absolute atomic E-state index is 0.410. The van der Waals surface area contributed by atoms with Gasteiger partial charge in [0.15, 0.2) is 5.69 Å². The molecule has 17 heavy (non-hydrogen) atoms. The van der Waals surface area contributed by atoms with Crippen LogP contribution >= 0.6 is 0 Å². The third-order valence-electron chi connectivity index (χ3n) is 2.88. The van der Waals surface area contributed by atoms with E-state index >= 15 is 0 Å². The van der Waals surface area contributed by atoms with Crippen LogP contribution in [-0.4, -0.2) is 14.8 Å². The smallest absolute Gasteiger partial charge is 0.162 e. The van der Waals surface area contributed by atoms with Crippen molar-refractivity contribution in [1.82, 2.24) is 14.8 Å². The lowest BCUT2D eigenvalue weighted by molar-refractivity contribution is 0.968. The number of fused-ring (bicyclic) bond motifs is 1. The highest BCUT2D eigenvalue weighted by Gasteiger charge is 2.10. The molecule has 2 aromatic heterocycles. The average Bonchev–Trinajstić information content (AvgIpc) is 2.95. The predicted octanol–water partition coefficient (Wildman–Crippen LogP) is 2.44. The zero-order valence-corrected chi connectivity index (χ0v) is 9.31. The number of aromatic amines is 1. The second-order valence-corrected chi connectivity index (χ2v) is 3.95. The van der Waals surface area contributed by atoms with Gasteiger partial charge in [0.1, 0.15) is 6.07 Å². The first kappa shape index (κ1) is 9.67. The summed E-state index contributed by atoms with van der Waals surface area (Å²) in [5.41, 5.74) is 3.51. The molecule has 4 heteroatoms. The molecule has 0 fully saturated rings. The summed E-state index contributed by atoms with van der Waals surface area (Å²) < 4.78 is 2.07. The van der Waals surface area contributed by atoms with Crippen LogP contribution in [0.15, 0.2) is 36.5 Å². The van der Waals surface area contributed by atoms with E-state index in [1.807, 2.05) is 31.4 Å². The van der Waals surface area contributed by atoms with Gasteiger partial charge in [0.2, 0.25) is 0 Å². The van der Waals surface area contributed by atoms with Gasteiger partial charge in [-0.05, 0) is 6.07 Å². The van der Waals surface area contributed by atoms with Crippen LogP contribution in [0.3, 0.4) is 0 Å². The number of nitrogens with one attached hydrogen (secondary N) is 1. The second kappa shape index (κ2) is 3.49. The lowest BCUT2D eigenvalue weighted by atomic mass is 10.1. The number of hydrogen-bond donors (Lipinski definition) is 1. The van der Waals surface area contributed by atoms with Crippen LogP contribution in [0.2, 0.25) is 0 Å². The molecule has 4 nitrogen and oxygen atoms in total.